The molecule has 0 aliphatic carbocycles. The first-order valence-electron chi connectivity index (χ1n) is 7.26. The lowest BCUT2D eigenvalue weighted by Gasteiger charge is -2.04. The minimum atomic E-state index is -0.0470. The van der Waals surface area contributed by atoms with Gasteiger partial charge in [-0.25, -0.2) is 0 Å². The van der Waals surface area contributed by atoms with E-state index in [-0.39, 0.29) is 5.56 Å². The summed E-state index contributed by atoms with van der Waals surface area (Å²) in [7, 11) is 0. The van der Waals surface area contributed by atoms with Crippen molar-refractivity contribution in [2.75, 3.05) is 0 Å². The Kier molecular flexibility index (Phi) is 2.09. The van der Waals surface area contributed by atoms with Crippen LogP contribution in [0.2, 0.25) is 0 Å². The fourth-order valence-electron chi connectivity index (χ4n) is 3.33. The molecule has 3 heteroatoms. The molecule has 3 nitrogen and oxygen atoms in total. The van der Waals surface area contributed by atoms with E-state index in [9.17, 15) is 4.79 Å². The lowest BCUT2D eigenvalue weighted by molar-refractivity contribution is 1.34. The molecule has 0 saturated carbocycles. The summed E-state index contributed by atoms with van der Waals surface area (Å²) >= 11 is 0. The quantitative estimate of drug-likeness (QED) is 0.409. The number of aromatic nitrogens is 2. The zero-order valence-electron chi connectivity index (χ0n) is 11.7. The number of nitrogens with one attached hydrogen (secondary N) is 2. The summed E-state index contributed by atoms with van der Waals surface area (Å²) in [5.41, 5.74) is 2.91. The molecule has 0 fully saturated rings. The zero-order chi connectivity index (χ0) is 14.7. The van der Waals surface area contributed by atoms with Crippen molar-refractivity contribution in [2.24, 2.45) is 0 Å². The van der Waals surface area contributed by atoms with Crippen molar-refractivity contribution in [3.8, 4) is 0 Å². The van der Waals surface area contributed by atoms with Gasteiger partial charge in [0, 0.05) is 38.1 Å². The van der Waals surface area contributed by atoms with Gasteiger partial charge >= 0.3 is 0 Å². The molecule has 0 spiro atoms. The molecule has 0 bridgehead atoms. The molecule has 0 unspecified atom stereocenters. The van der Waals surface area contributed by atoms with Gasteiger partial charge in [-0.3, -0.25) is 4.79 Å². The second-order valence-electron chi connectivity index (χ2n) is 5.61. The molecule has 104 valence electrons. The highest BCUT2D eigenvalue weighted by atomic mass is 16.1. The SMILES string of the molecule is O=c1[nH]c2ccccc2c2cc3c(cc12)[nH]c1ccccc13. The summed E-state index contributed by atoms with van der Waals surface area (Å²) in [5, 5.41) is 5.13. The number of hydrogen-bond donors (Lipinski definition) is 2. The molecule has 2 N–H and O–H groups in total. The van der Waals surface area contributed by atoms with E-state index in [4.69, 9.17) is 0 Å². The van der Waals surface area contributed by atoms with E-state index in [1.54, 1.807) is 0 Å². The number of rotatable bonds is 0. The molecule has 3 aromatic carbocycles. The van der Waals surface area contributed by atoms with Crippen LogP contribution in [0.3, 0.4) is 0 Å². The fraction of sp³-hybridized carbons (Fsp3) is 0. The normalized spacial score (nSPS) is 11.8. The molecule has 5 rings (SSSR count). The van der Waals surface area contributed by atoms with Gasteiger partial charge in [0.15, 0.2) is 0 Å². The van der Waals surface area contributed by atoms with Gasteiger partial charge in [0.1, 0.15) is 0 Å². The van der Waals surface area contributed by atoms with E-state index >= 15 is 0 Å². The molecule has 0 amide bonds. The summed E-state index contributed by atoms with van der Waals surface area (Å²) in [4.78, 5) is 18.7. The van der Waals surface area contributed by atoms with Crippen LogP contribution < -0.4 is 5.56 Å². The summed E-state index contributed by atoms with van der Waals surface area (Å²) in [6, 6.07) is 20.2. The standard InChI is InChI=1S/C19H12N2O/c22-19-15-10-18-14(12-6-2-3-7-16(12)20-18)9-13(15)11-5-1-4-8-17(11)21-19/h1-10,20H,(H,21,22). The maximum absolute atomic E-state index is 12.4. The lowest BCUT2D eigenvalue weighted by Crippen LogP contribution is -2.06. The van der Waals surface area contributed by atoms with Crippen LogP contribution in [0.5, 0.6) is 0 Å². The monoisotopic (exact) mass is 284 g/mol. The average molecular weight is 284 g/mol. The highest BCUT2D eigenvalue weighted by Gasteiger charge is 2.10. The van der Waals surface area contributed by atoms with Crippen LogP contribution in [0.25, 0.3) is 43.5 Å². The van der Waals surface area contributed by atoms with Crippen LogP contribution in [-0.2, 0) is 0 Å². The molecule has 0 aliphatic rings. The Balaban J connectivity index is 2.10. The summed E-state index contributed by atoms with van der Waals surface area (Å²) in [6.07, 6.45) is 0. The van der Waals surface area contributed by atoms with E-state index in [0.717, 1.165) is 38.1 Å². The van der Waals surface area contributed by atoms with Crippen molar-refractivity contribution in [2.45, 2.75) is 0 Å². The Morgan fingerprint density at radius 1 is 0.545 bits per heavy atom. The Bertz CT molecular complexity index is 1240. The minimum absolute atomic E-state index is 0.0470. The van der Waals surface area contributed by atoms with E-state index in [0.29, 0.717) is 0 Å². The number of hydrogen-bond acceptors (Lipinski definition) is 1. The third kappa shape index (κ3) is 1.42. The van der Waals surface area contributed by atoms with Crippen molar-refractivity contribution >= 4 is 43.5 Å². The summed E-state index contributed by atoms with van der Waals surface area (Å²) in [6.45, 7) is 0. The average Bonchev–Trinajstić information content (AvgIpc) is 2.91. The molecule has 5 aromatic rings. The van der Waals surface area contributed by atoms with E-state index in [1.807, 2.05) is 42.5 Å². The smallest absolute Gasteiger partial charge is 0.256 e. The van der Waals surface area contributed by atoms with Crippen molar-refractivity contribution in [1.29, 1.82) is 0 Å². The first-order valence-corrected chi connectivity index (χ1v) is 7.26. The van der Waals surface area contributed by atoms with Gasteiger partial charge in [-0.2, -0.15) is 0 Å². The van der Waals surface area contributed by atoms with E-state index in [1.165, 1.54) is 5.39 Å². The number of H-pyrrole nitrogens is 2. The van der Waals surface area contributed by atoms with Crippen molar-refractivity contribution in [3.05, 3.63) is 71.0 Å². The van der Waals surface area contributed by atoms with E-state index < -0.39 is 0 Å². The van der Waals surface area contributed by atoms with Gasteiger partial charge in [0.2, 0.25) is 0 Å². The van der Waals surface area contributed by atoms with Crippen LogP contribution in [-0.4, -0.2) is 9.97 Å². The highest BCUT2D eigenvalue weighted by molar-refractivity contribution is 6.16. The van der Waals surface area contributed by atoms with Gasteiger partial charge in [-0.05, 0) is 29.7 Å². The number of benzene rings is 3. The first-order chi connectivity index (χ1) is 10.8. The predicted octanol–water partition coefficient (Wildman–Crippen LogP) is 4.32. The van der Waals surface area contributed by atoms with Crippen LogP contribution in [0, 0.1) is 0 Å². The van der Waals surface area contributed by atoms with Gasteiger partial charge in [-0.15, -0.1) is 0 Å². The zero-order valence-corrected chi connectivity index (χ0v) is 11.7. The van der Waals surface area contributed by atoms with Gasteiger partial charge < -0.3 is 9.97 Å². The number of pyridine rings is 1. The Labute approximate surface area is 125 Å². The first kappa shape index (κ1) is 11.6. The van der Waals surface area contributed by atoms with Crippen LogP contribution in [0.15, 0.2) is 65.5 Å². The molecular formula is C19H12N2O. The molecule has 0 radical (unpaired) electrons. The maximum atomic E-state index is 12.4. The van der Waals surface area contributed by atoms with Crippen molar-refractivity contribution in [1.82, 2.24) is 9.97 Å². The molecule has 2 aromatic heterocycles. The van der Waals surface area contributed by atoms with Gasteiger partial charge in [0.25, 0.3) is 5.56 Å². The fourth-order valence-corrected chi connectivity index (χ4v) is 3.33. The Morgan fingerprint density at radius 2 is 1.18 bits per heavy atom. The topological polar surface area (TPSA) is 48.6 Å². The van der Waals surface area contributed by atoms with E-state index in [2.05, 4.69) is 28.2 Å². The Hall–Kier alpha value is -3.07. The number of aromatic amines is 2. The number of fused-ring (bicyclic) bond motifs is 6. The van der Waals surface area contributed by atoms with Gasteiger partial charge in [-0.1, -0.05) is 36.4 Å². The second kappa shape index (κ2) is 3.98. The molecule has 0 aliphatic heterocycles. The van der Waals surface area contributed by atoms with Crippen LogP contribution in [0.1, 0.15) is 0 Å². The molecule has 0 saturated heterocycles. The largest absolute Gasteiger partial charge is 0.354 e. The molecular weight excluding hydrogens is 272 g/mol. The van der Waals surface area contributed by atoms with Crippen LogP contribution in [0.4, 0.5) is 0 Å². The van der Waals surface area contributed by atoms with Gasteiger partial charge in [0.05, 0.1) is 0 Å². The number of para-hydroxylation sites is 2. The van der Waals surface area contributed by atoms with Crippen molar-refractivity contribution < 1.29 is 0 Å². The van der Waals surface area contributed by atoms with Crippen molar-refractivity contribution in [3.63, 3.8) is 0 Å². The van der Waals surface area contributed by atoms with Crippen LogP contribution >= 0.6 is 0 Å². The summed E-state index contributed by atoms with van der Waals surface area (Å²) < 4.78 is 0. The Morgan fingerprint density at radius 3 is 1.95 bits per heavy atom. The highest BCUT2D eigenvalue weighted by Crippen LogP contribution is 2.30. The second-order valence-corrected chi connectivity index (χ2v) is 5.61. The lowest BCUT2D eigenvalue weighted by atomic mass is 10.0. The third-order valence-corrected chi connectivity index (χ3v) is 4.35. The third-order valence-electron chi connectivity index (χ3n) is 4.35. The molecule has 22 heavy (non-hydrogen) atoms. The summed E-state index contributed by atoms with van der Waals surface area (Å²) in [5.74, 6) is 0. The minimum Gasteiger partial charge on any atom is -0.354 e. The maximum Gasteiger partial charge on any atom is 0.256 e. The molecule has 0 atom stereocenters. The molecule has 2 heterocycles. The predicted molar refractivity (Wildman–Crippen MR) is 91.4 cm³/mol.